The molecule has 2 nitrogen and oxygen atoms in total. The minimum atomic E-state index is -0.0208. The van der Waals surface area contributed by atoms with Crippen molar-refractivity contribution < 1.29 is 5.11 Å². The molecule has 0 unspecified atom stereocenters. The van der Waals surface area contributed by atoms with Crippen LogP contribution in [-0.2, 0) is 12.8 Å². The Bertz CT molecular complexity index is 346. The highest BCUT2D eigenvalue weighted by atomic mass is 16.3. The number of aliphatic hydroxyl groups excluding tert-OH is 1. The Balaban J connectivity index is 1.49. The first kappa shape index (κ1) is 10.3. The van der Waals surface area contributed by atoms with E-state index in [4.69, 9.17) is 0 Å². The van der Waals surface area contributed by atoms with Crippen molar-refractivity contribution >= 4 is 0 Å². The fourth-order valence-electron chi connectivity index (χ4n) is 2.90. The number of aliphatic hydroxyl groups is 1. The van der Waals surface area contributed by atoms with Crippen molar-refractivity contribution in [3.8, 4) is 0 Å². The average molecular weight is 217 g/mol. The molecule has 2 N–H and O–H groups in total. The summed E-state index contributed by atoms with van der Waals surface area (Å²) in [5.74, 6) is 0.707. The highest BCUT2D eigenvalue weighted by molar-refractivity contribution is 5.33. The topological polar surface area (TPSA) is 32.3 Å². The molecule has 0 heterocycles. The second-order valence-corrected chi connectivity index (χ2v) is 5.27. The molecule has 0 amide bonds. The van der Waals surface area contributed by atoms with Crippen LogP contribution in [0.15, 0.2) is 24.3 Å². The molecule has 0 aromatic heterocycles. The van der Waals surface area contributed by atoms with E-state index in [1.54, 1.807) is 0 Å². The molecule has 1 saturated carbocycles. The summed E-state index contributed by atoms with van der Waals surface area (Å²) < 4.78 is 0. The fraction of sp³-hybridized carbons (Fsp3) is 0.571. The van der Waals surface area contributed by atoms with Gasteiger partial charge < -0.3 is 10.4 Å². The Morgan fingerprint density at radius 1 is 1.12 bits per heavy atom. The quantitative estimate of drug-likeness (QED) is 0.804. The molecule has 1 aromatic carbocycles. The zero-order valence-electron chi connectivity index (χ0n) is 9.52. The van der Waals surface area contributed by atoms with Crippen LogP contribution in [0.5, 0.6) is 0 Å². The van der Waals surface area contributed by atoms with Crippen molar-refractivity contribution in [3.05, 3.63) is 35.4 Å². The summed E-state index contributed by atoms with van der Waals surface area (Å²) in [6.07, 6.45) is 4.31. The van der Waals surface area contributed by atoms with Gasteiger partial charge in [-0.1, -0.05) is 24.3 Å². The lowest BCUT2D eigenvalue weighted by Gasteiger charge is -2.32. The third-order valence-electron chi connectivity index (χ3n) is 3.96. The van der Waals surface area contributed by atoms with Gasteiger partial charge in [-0.3, -0.25) is 0 Å². The zero-order valence-corrected chi connectivity index (χ0v) is 9.52. The first-order valence-corrected chi connectivity index (χ1v) is 6.29. The van der Waals surface area contributed by atoms with Crippen molar-refractivity contribution in [2.45, 2.75) is 37.8 Å². The smallest absolute Gasteiger partial charge is 0.0546 e. The Morgan fingerprint density at radius 2 is 1.75 bits per heavy atom. The Morgan fingerprint density at radius 3 is 2.31 bits per heavy atom. The Kier molecular flexibility index (Phi) is 2.70. The molecule has 2 aliphatic carbocycles. The number of fused-ring (bicyclic) bond motifs is 1. The van der Waals surface area contributed by atoms with Crippen molar-refractivity contribution in [2.75, 3.05) is 6.54 Å². The first-order valence-electron chi connectivity index (χ1n) is 6.29. The molecule has 0 spiro atoms. The summed E-state index contributed by atoms with van der Waals surface area (Å²) in [6.45, 7) is 1.08. The van der Waals surface area contributed by atoms with Crippen LogP contribution in [0.25, 0.3) is 0 Å². The van der Waals surface area contributed by atoms with Crippen molar-refractivity contribution in [3.63, 3.8) is 0 Å². The van der Waals surface area contributed by atoms with Gasteiger partial charge in [0.1, 0.15) is 0 Å². The van der Waals surface area contributed by atoms with Crippen LogP contribution < -0.4 is 5.32 Å². The van der Waals surface area contributed by atoms with Crippen LogP contribution in [-0.4, -0.2) is 23.8 Å². The molecule has 0 radical (unpaired) electrons. The van der Waals surface area contributed by atoms with E-state index in [1.807, 2.05) is 0 Å². The number of hydrogen-bond acceptors (Lipinski definition) is 2. The predicted octanol–water partition coefficient (Wildman–Crippen LogP) is 1.51. The SMILES string of the molecule is OC1CC(CNC2Cc3ccccc3C2)C1. The van der Waals surface area contributed by atoms with Gasteiger partial charge in [0.15, 0.2) is 0 Å². The van der Waals surface area contributed by atoms with Gasteiger partial charge in [-0.2, -0.15) is 0 Å². The first-order chi connectivity index (χ1) is 7.81. The fourth-order valence-corrected chi connectivity index (χ4v) is 2.90. The van der Waals surface area contributed by atoms with Crippen LogP contribution in [0.2, 0.25) is 0 Å². The summed E-state index contributed by atoms with van der Waals surface area (Å²) in [4.78, 5) is 0. The number of hydrogen-bond donors (Lipinski definition) is 2. The normalized spacial score (nSPS) is 28.8. The molecule has 2 heteroatoms. The molecule has 0 atom stereocenters. The zero-order chi connectivity index (χ0) is 11.0. The Labute approximate surface area is 96.7 Å². The predicted molar refractivity (Wildman–Crippen MR) is 64.4 cm³/mol. The van der Waals surface area contributed by atoms with Crippen molar-refractivity contribution in [1.82, 2.24) is 5.32 Å². The van der Waals surface area contributed by atoms with Crippen molar-refractivity contribution in [2.24, 2.45) is 5.92 Å². The molecule has 16 heavy (non-hydrogen) atoms. The van der Waals surface area contributed by atoms with E-state index in [1.165, 1.54) is 24.0 Å². The van der Waals surface area contributed by atoms with Crippen LogP contribution in [0, 0.1) is 5.92 Å². The summed E-state index contributed by atoms with van der Waals surface area (Å²) in [5, 5.41) is 12.9. The highest BCUT2D eigenvalue weighted by Crippen LogP contribution is 2.27. The highest BCUT2D eigenvalue weighted by Gasteiger charge is 2.28. The van der Waals surface area contributed by atoms with Crippen molar-refractivity contribution in [1.29, 1.82) is 0 Å². The molecular weight excluding hydrogens is 198 g/mol. The summed E-state index contributed by atoms with van der Waals surface area (Å²) in [7, 11) is 0. The molecule has 3 rings (SSSR count). The number of nitrogens with one attached hydrogen (secondary N) is 1. The summed E-state index contributed by atoms with van der Waals surface area (Å²) in [5.41, 5.74) is 3.02. The van der Waals surface area contributed by atoms with E-state index in [0.717, 1.165) is 19.4 Å². The monoisotopic (exact) mass is 217 g/mol. The van der Waals surface area contributed by atoms with Gasteiger partial charge >= 0.3 is 0 Å². The van der Waals surface area contributed by atoms with E-state index in [2.05, 4.69) is 29.6 Å². The van der Waals surface area contributed by atoms with Crippen LogP contribution in [0.3, 0.4) is 0 Å². The summed E-state index contributed by atoms with van der Waals surface area (Å²) in [6, 6.07) is 9.36. The molecule has 0 bridgehead atoms. The minimum absolute atomic E-state index is 0.0208. The van der Waals surface area contributed by atoms with Gasteiger partial charge in [-0.15, -0.1) is 0 Å². The number of rotatable bonds is 3. The number of benzene rings is 1. The standard InChI is InChI=1S/C14H19NO/c16-14-5-10(6-14)9-15-13-7-11-3-1-2-4-12(11)8-13/h1-4,10,13-16H,5-9H2. The molecule has 0 aliphatic heterocycles. The van der Waals surface area contributed by atoms with E-state index in [9.17, 15) is 5.11 Å². The largest absolute Gasteiger partial charge is 0.393 e. The van der Waals surface area contributed by atoms with E-state index in [0.29, 0.717) is 12.0 Å². The summed E-state index contributed by atoms with van der Waals surface area (Å²) >= 11 is 0. The maximum absolute atomic E-state index is 9.22. The minimum Gasteiger partial charge on any atom is -0.393 e. The molecule has 86 valence electrons. The second-order valence-electron chi connectivity index (χ2n) is 5.27. The third kappa shape index (κ3) is 2.00. The van der Waals surface area contributed by atoms with Crippen LogP contribution in [0.1, 0.15) is 24.0 Å². The van der Waals surface area contributed by atoms with Crippen LogP contribution >= 0.6 is 0 Å². The average Bonchev–Trinajstić information content (AvgIpc) is 2.65. The maximum atomic E-state index is 9.22. The maximum Gasteiger partial charge on any atom is 0.0546 e. The molecular formula is C14H19NO. The van der Waals surface area contributed by atoms with Gasteiger partial charge in [0.25, 0.3) is 0 Å². The van der Waals surface area contributed by atoms with Gasteiger partial charge in [-0.05, 0) is 49.3 Å². The molecule has 1 aromatic rings. The van der Waals surface area contributed by atoms with E-state index >= 15 is 0 Å². The van der Waals surface area contributed by atoms with E-state index < -0.39 is 0 Å². The second kappa shape index (κ2) is 4.19. The third-order valence-corrected chi connectivity index (χ3v) is 3.96. The van der Waals surface area contributed by atoms with Gasteiger partial charge in [0, 0.05) is 6.04 Å². The Hall–Kier alpha value is -0.860. The van der Waals surface area contributed by atoms with Gasteiger partial charge in [0.2, 0.25) is 0 Å². The lowest BCUT2D eigenvalue weighted by atomic mass is 9.82. The van der Waals surface area contributed by atoms with Gasteiger partial charge in [0.05, 0.1) is 6.10 Å². The van der Waals surface area contributed by atoms with Gasteiger partial charge in [-0.25, -0.2) is 0 Å². The lowest BCUT2D eigenvalue weighted by molar-refractivity contribution is 0.0420. The lowest BCUT2D eigenvalue weighted by Crippen LogP contribution is -2.40. The molecule has 2 aliphatic rings. The van der Waals surface area contributed by atoms with Crippen LogP contribution in [0.4, 0.5) is 0 Å². The van der Waals surface area contributed by atoms with E-state index in [-0.39, 0.29) is 6.10 Å². The molecule has 0 saturated heterocycles. The molecule has 1 fully saturated rings.